The summed E-state index contributed by atoms with van der Waals surface area (Å²) in [7, 11) is 0. The number of benzene rings is 10. The molecule has 0 N–H and O–H groups in total. The Morgan fingerprint density at radius 2 is 0.738 bits per heavy atom. The number of fused-ring (bicyclic) bond motifs is 7. The van der Waals surface area contributed by atoms with Crippen LogP contribution in [0.25, 0.3) is 95.6 Å². The summed E-state index contributed by atoms with van der Waals surface area (Å²) in [5.74, 6) is 0. The first-order chi connectivity index (χ1) is 30.2. The van der Waals surface area contributed by atoms with Crippen molar-refractivity contribution in [3.05, 3.63) is 224 Å². The van der Waals surface area contributed by atoms with Gasteiger partial charge < -0.3 is 4.90 Å². The van der Waals surface area contributed by atoms with Crippen LogP contribution in [0.2, 0.25) is 0 Å². The Morgan fingerprint density at radius 1 is 0.246 bits per heavy atom. The second kappa shape index (κ2) is 14.8. The number of rotatable bonds is 7. The van der Waals surface area contributed by atoms with Gasteiger partial charge in [0.2, 0.25) is 0 Å². The third-order valence-electron chi connectivity index (χ3n) is 12.1. The van der Waals surface area contributed by atoms with Gasteiger partial charge in [0.15, 0.2) is 0 Å². The maximum atomic E-state index is 2.39. The number of anilines is 3. The zero-order valence-corrected chi connectivity index (χ0v) is 34.8. The van der Waals surface area contributed by atoms with Crippen LogP contribution in [-0.2, 0) is 0 Å². The van der Waals surface area contributed by atoms with Crippen LogP contribution < -0.4 is 4.90 Å². The van der Waals surface area contributed by atoms with Crippen LogP contribution in [0.3, 0.4) is 0 Å². The summed E-state index contributed by atoms with van der Waals surface area (Å²) < 4.78 is 5.30. The first-order valence-corrected chi connectivity index (χ1v) is 22.4. The van der Waals surface area contributed by atoms with Gasteiger partial charge in [-0.1, -0.05) is 152 Å². The molecule has 0 bridgehead atoms. The van der Waals surface area contributed by atoms with Crippen LogP contribution in [-0.4, -0.2) is 0 Å². The highest BCUT2D eigenvalue weighted by atomic mass is 32.1. The largest absolute Gasteiger partial charge is 0.310 e. The van der Waals surface area contributed by atoms with E-state index >= 15 is 0 Å². The van der Waals surface area contributed by atoms with E-state index in [0.29, 0.717) is 0 Å². The number of thiophene rings is 2. The smallest absolute Gasteiger partial charge is 0.0467 e. The lowest BCUT2D eigenvalue weighted by atomic mass is 9.95. The molecule has 0 spiro atoms. The Kier molecular flexibility index (Phi) is 8.62. The molecule has 61 heavy (non-hydrogen) atoms. The van der Waals surface area contributed by atoms with E-state index in [4.69, 9.17) is 0 Å². The Bertz CT molecular complexity index is 3590. The maximum absolute atomic E-state index is 2.39. The summed E-state index contributed by atoms with van der Waals surface area (Å²) in [4.78, 5) is 2.39. The second-order valence-corrected chi connectivity index (χ2v) is 17.9. The average Bonchev–Trinajstić information content (AvgIpc) is 3.90. The standard InChI is InChI=1S/C58H37NS2/c1-2-16-49-40(10-1)11-9-19-50(49)45-14-7-12-41(34-45)42-13-8-15-48(35-42)59(46-28-22-38(23-29-46)43-27-33-57-54(36-43)52-18-4-6-21-56(52)60-57)47-30-24-39(25-31-47)44-26-32-53-51-17-3-5-20-55(51)61-58(53)37-44/h1-37H. The van der Waals surface area contributed by atoms with Crippen molar-refractivity contribution in [3.63, 3.8) is 0 Å². The molecule has 286 valence electrons. The molecule has 12 rings (SSSR count). The lowest BCUT2D eigenvalue weighted by molar-refractivity contribution is 1.28. The van der Waals surface area contributed by atoms with E-state index in [1.165, 1.54) is 95.6 Å². The average molecular weight is 812 g/mol. The molecule has 0 saturated heterocycles. The predicted molar refractivity (Wildman–Crippen MR) is 266 cm³/mol. The quantitative estimate of drug-likeness (QED) is 0.155. The summed E-state index contributed by atoms with van der Waals surface area (Å²) in [6, 6.07) is 82.5. The fourth-order valence-electron chi connectivity index (χ4n) is 9.03. The van der Waals surface area contributed by atoms with Crippen LogP contribution >= 0.6 is 22.7 Å². The molecule has 0 fully saturated rings. The third kappa shape index (κ3) is 6.38. The lowest BCUT2D eigenvalue weighted by Crippen LogP contribution is -2.10. The minimum Gasteiger partial charge on any atom is -0.310 e. The zero-order valence-electron chi connectivity index (χ0n) is 33.1. The molecule has 0 aliphatic carbocycles. The van der Waals surface area contributed by atoms with E-state index in [2.05, 4.69) is 229 Å². The summed E-state index contributed by atoms with van der Waals surface area (Å²) in [6.45, 7) is 0. The van der Waals surface area contributed by atoms with Crippen molar-refractivity contribution in [1.82, 2.24) is 0 Å². The third-order valence-corrected chi connectivity index (χ3v) is 14.4. The van der Waals surface area contributed by atoms with Crippen molar-refractivity contribution in [3.8, 4) is 44.5 Å². The van der Waals surface area contributed by atoms with Gasteiger partial charge in [0.05, 0.1) is 0 Å². The van der Waals surface area contributed by atoms with Gasteiger partial charge in [0.25, 0.3) is 0 Å². The van der Waals surface area contributed by atoms with E-state index in [1.54, 1.807) is 0 Å². The highest BCUT2D eigenvalue weighted by Crippen LogP contribution is 2.42. The minimum absolute atomic E-state index is 1.10. The summed E-state index contributed by atoms with van der Waals surface area (Å²) in [5.41, 5.74) is 13.0. The fraction of sp³-hybridized carbons (Fsp3) is 0. The van der Waals surface area contributed by atoms with E-state index in [9.17, 15) is 0 Å². The molecule has 0 amide bonds. The normalized spacial score (nSPS) is 11.6. The Hall–Kier alpha value is -7.30. The monoisotopic (exact) mass is 811 g/mol. The molecule has 0 unspecified atom stereocenters. The summed E-state index contributed by atoms with van der Waals surface area (Å²) >= 11 is 3.73. The molecular formula is C58H37NS2. The van der Waals surface area contributed by atoms with Gasteiger partial charge in [-0.3, -0.25) is 0 Å². The fourth-order valence-corrected chi connectivity index (χ4v) is 11.3. The van der Waals surface area contributed by atoms with Crippen molar-refractivity contribution in [2.24, 2.45) is 0 Å². The van der Waals surface area contributed by atoms with Crippen molar-refractivity contribution < 1.29 is 0 Å². The molecule has 0 radical (unpaired) electrons. The number of hydrogen-bond donors (Lipinski definition) is 0. The van der Waals surface area contributed by atoms with E-state index < -0.39 is 0 Å². The molecule has 1 nitrogen and oxygen atoms in total. The van der Waals surface area contributed by atoms with Crippen LogP contribution in [0, 0.1) is 0 Å². The summed E-state index contributed by atoms with van der Waals surface area (Å²) in [6.07, 6.45) is 0. The van der Waals surface area contributed by atoms with Crippen LogP contribution in [0.5, 0.6) is 0 Å². The molecule has 3 heteroatoms. The van der Waals surface area contributed by atoms with E-state index in [0.717, 1.165) is 17.1 Å². The molecule has 0 atom stereocenters. The van der Waals surface area contributed by atoms with Gasteiger partial charge in [-0.2, -0.15) is 0 Å². The van der Waals surface area contributed by atoms with Gasteiger partial charge in [-0.05, 0) is 128 Å². The van der Waals surface area contributed by atoms with Gasteiger partial charge in [0.1, 0.15) is 0 Å². The van der Waals surface area contributed by atoms with E-state index in [-0.39, 0.29) is 0 Å². The highest BCUT2D eigenvalue weighted by Gasteiger charge is 2.16. The molecule has 0 aliphatic heterocycles. The van der Waals surface area contributed by atoms with Crippen LogP contribution in [0.4, 0.5) is 17.1 Å². The van der Waals surface area contributed by atoms with Crippen molar-refractivity contribution in [1.29, 1.82) is 0 Å². The van der Waals surface area contributed by atoms with E-state index in [1.807, 2.05) is 22.7 Å². The SMILES string of the molecule is c1cc(-c2cccc(N(c3ccc(-c4ccc5c(c4)sc4ccccc45)cc3)c3ccc(-c4ccc5sc6ccccc6c5c4)cc3)c2)cc(-c2cccc3ccccc23)c1. The van der Waals surface area contributed by atoms with Gasteiger partial charge in [-0.25, -0.2) is 0 Å². The second-order valence-electron chi connectivity index (χ2n) is 15.7. The lowest BCUT2D eigenvalue weighted by Gasteiger charge is -2.26. The zero-order chi connectivity index (χ0) is 40.3. The highest BCUT2D eigenvalue weighted by molar-refractivity contribution is 7.26. The number of nitrogens with zero attached hydrogens (tertiary/aromatic N) is 1. The Labute approximate surface area is 362 Å². The molecular weight excluding hydrogens is 775 g/mol. The maximum Gasteiger partial charge on any atom is 0.0467 e. The minimum atomic E-state index is 1.10. The van der Waals surface area contributed by atoms with Crippen molar-refractivity contribution >= 4 is 90.9 Å². The molecule has 10 aromatic carbocycles. The van der Waals surface area contributed by atoms with Crippen LogP contribution in [0.15, 0.2) is 224 Å². The Balaban J connectivity index is 0.936. The van der Waals surface area contributed by atoms with Crippen molar-refractivity contribution in [2.45, 2.75) is 0 Å². The predicted octanol–water partition coefficient (Wildman–Crippen LogP) is 17.7. The molecule has 2 aromatic heterocycles. The molecule has 12 aromatic rings. The first-order valence-electron chi connectivity index (χ1n) is 20.7. The number of hydrogen-bond acceptors (Lipinski definition) is 3. The first kappa shape index (κ1) is 35.6. The Morgan fingerprint density at radius 3 is 1.49 bits per heavy atom. The van der Waals surface area contributed by atoms with Crippen molar-refractivity contribution in [2.75, 3.05) is 4.90 Å². The molecule has 2 heterocycles. The summed E-state index contributed by atoms with van der Waals surface area (Å²) in [5, 5.41) is 7.80. The van der Waals surface area contributed by atoms with Gasteiger partial charge in [0, 0.05) is 57.4 Å². The van der Waals surface area contributed by atoms with Crippen LogP contribution in [0.1, 0.15) is 0 Å². The topological polar surface area (TPSA) is 3.24 Å². The molecule has 0 saturated carbocycles. The molecule has 0 aliphatic rings. The van der Waals surface area contributed by atoms with Gasteiger partial charge >= 0.3 is 0 Å². The van der Waals surface area contributed by atoms with Gasteiger partial charge in [-0.15, -0.1) is 22.7 Å².